The zero-order valence-corrected chi connectivity index (χ0v) is 31.5. The number of hydrogen-bond acceptors (Lipinski definition) is 8. The first kappa shape index (κ1) is 36.6. The molecule has 9 nitrogen and oxygen atoms in total. The maximum absolute atomic E-state index is 14.0. The number of carbonyl (C=O) groups is 1. The SMILES string of the molecule is CC(C)(C)OC(=O)N1CCN(CCOCCOc2ccc(OC3=C(c4ccc(Br)cc4)S(=O)c4cc(OCc5ccccc5)ccc43)cc2)CC1. The van der Waals surface area contributed by atoms with E-state index in [0.717, 1.165) is 40.8 Å². The molecule has 1 unspecified atom stereocenters. The average molecular weight is 776 g/mol. The van der Waals surface area contributed by atoms with Crippen molar-refractivity contribution in [2.45, 2.75) is 37.9 Å². The average Bonchev–Trinajstić information content (AvgIpc) is 3.39. The van der Waals surface area contributed by atoms with Gasteiger partial charge in [-0.2, -0.15) is 0 Å². The summed E-state index contributed by atoms with van der Waals surface area (Å²) in [4.78, 5) is 17.6. The van der Waals surface area contributed by atoms with Crippen LogP contribution in [0, 0.1) is 0 Å². The van der Waals surface area contributed by atoms with Gasteiger partial charge in [0.1, 0.15) is 36.1 Å². The summed E-state index contributed by atoms with van der Waals surface area (Å²) >= 11 is 3.50. The Morgan fingerprint density at radius 1 is 0.784 bits per heavy atom. The lowest BCUT2D eigenvalue weighted by atomic mass is 10.1. The van der Waals surface area contributed by atoms with Gasteiger partial charge in [0.05, 0.1) is 33.8 Å². The van der Waals surface area contributed by atoms with E-state index in [9.17, 15) is 9.00 Å². The van der Waals surface area contributed by atoms with E-state index < -0.39 is 16.4 Å². The predicted octanol–water partition coefficient (Wildman–Crippen LogP) is 8.00. The molecule has 2 aliphatic rings. The third kappa shape index (κ3) is 10.0. The van der Waals surface area contributed by atoms with Crippen LogP contribution >= 0.6 is 15.9 Å². The second-order valence-electron chi connectivity index (χ2n) is 13.2. The van der Waals surface area contributed by atoms with Crippen molar-refractivity contribution in [1.29, 1.82) is 0 Å². The minimum Gasteiger partial charge on any atom is -0.491 e. The largest absolute Gasteiger partial charge is 0.491 e. The second kappa shape index (κ2) is 16.9. The molecule has 2 aliphatic heterocycles. The second-order valence-corrected chi connectivity index (χ2v) is 15.5. The summed E-state index contributed by atoms with van der Waals surface area (Å²) in [5, 5.41) is 0. The normalized spacial score (nSPS) is 16.2. The quantitative estimate of drug-likeness (QED) is 0.126. The molecule has 0 aliphatic carbocycles. The number of carbonyl (C=O) groups excluding carboxylic acids is 1. The highest BCUT2D eigenvalue weighted by Gasteiger charge is 2.32. The molecule has 1 fully saturated rings. The van der Waals surface area contributed by atoms with E-state index in [1.54, 1.807) is 4.90 Å². The number of nitrogens with zero attached hydrogens (tertiary/aromatic N) is 2. The number of ether oxygens (including phenoxy) is 5. The molecule has 1 amide bonds. The number of fused-ring (bicyclic) bond motifs is 1. The Bertz CT molecular complexity index is 1840. The van der Waals surface area contributed by atoms with Crippen LogP contribution in [0.5, 0.6) is 17.2 Å². The van der Waals surface area contributed by atoms with Gasteiger partial charge in [-0.1, -0.05) is 58.4 Å². The van der Waals surface area contributed by atoms with E-state index in [4.69, 9.17) is 23.7 Å². The molecular formula is C40H43BrN2O7S. The van der Waals surface area contributed by atoms with Crippen LogP contribution < -0.4 is 14.2 Å². The van der Waals surface area contributed by atoms with Crippen LogP contribution in [0.25, 0.3) is 10.7 Å². The van der Waals surface area contributed by atoms with Gasteiger partial charge >= 0.3 is 6.09 Å². The van der Waals surface area contributed by atoms with E-state index in [1.807, 2.05) is 118 Å². The van der Waals surface area contributed by atoms with Crippen molar-refractivity contribution in [2.75, 3.05) is 52.5 Å². The van der Waals surface area contributed by atoms with Gasteiger partial charge in [-0.25, -0.2) is 9.00 Å². The molecule has 0 spiro atoms. The van der Waals surface area contributed by atoms with Crippen LogP contribution in [0.2, 0.25) is 0 Å². The highest BCUT2D eigenvalue weighted by atomic mass is 79.9. The Balaban J connectivity index is 1.01. The summed E-state index contributed by atoms with van der Waals surface area (Å²) in [6.07, 6.45) is -0.252. The van der Waals surface area contributed by atoms with Gasteiger partial charge in [0.15, 0.2) is 5.76 Å². The third-order valence-corrected chi connectivity index (χ3v) is 10.3. The minimum absolute atomic E-state index is 0.252. The smallest absolute Gasteiger partial charge is 0.410 e. The van der Waals surface area contributed by atoms with E-state index in [0.29, 0.717) is 72.3 Å². The number of halogens is 1. The minimum atomic E-state index is -1.48. The first-order valence-corrected chi connectivity index (χ1v) is 19.0. The Kier molecular flexibility index (Phi) is 12.1. The lowest BCUT2D eigenvalue weighted by Crippen LogP contribution is -2.50. The molecule has 0 radical (unpaired) electrons. The fourth-order valence-electron chi connectivity index (χ4n) is 5.65. The predicted molar refractivity (Wildman–Crippen MR) is 202 cm³/mol. The summed E-state index contributed by atoms with van der Waals surface area (Å²) in [7, 11) is -1.48. The molecule has 2 heterocycles. The topological polar surface area (TPSA) is 86.8 Å². The molecule has 0 bridgehead atoms. The van der Waals surface area contributed by atoms with Crippen LogP contribution in [0.3, 0.4) is 0 Å². The first-order chi connectivity index (χ1) is 24.6. The van der Waals surface area contributed by atoms with Crippen LogP contribution in [0.1, 0.15) is 37.5 Å². The molecular weight excluding hydrogens is 732 g/mol. The zero-order chi connectivity index (χ0) is 35.8. The van der Waals surface area contributed by atoms with Crippen molar-refractivity contribution in [2.24, 2.45) is 0 Å². The van der Waals surface area contributed by atoms with Gasteiger partial charge in [0.2, 0.25) is 0 Å². The van der Waals surface area contributed by atoms with Gasteiger partial charge in [-0.05, 0) is 86.5 Å². The first-order valence-electron chi connectivity index (χ1n) is 17.0. The Morgan fingerprint density at radius 2 is 1.47 bits per heavy atom. The summed E-state index contributed by atoms with van der Waals surface area (Å²) in [5.74, 6) is 2.49. The summed E-state index contributed by atoms with van der Waals surface area (Å²) in [6, 6.07) is 30.7. The van der Waals surface area contributed by atoms with E-state index in [1.165, 1.54) is 0 Å². The standard InChI is InChI=1S/C40H43BrN2O7S/c1-40(2,3)50-39(44)43-21-19-42(20-22-43)23-24-46-25-26-47-32-13-15-33(16-14-32)49-37-35-18-17-34(48-28-29-7-5-4-6-8-29)27-36(35)51(45)38(37)30-9-11-31(41)12-10-30/h4-18,27H,19-26,28H2,1-3H3. The van der Waals surface area contributed by atoms with Crippen molar-refractivity contribution < 1.29 is 32.7 Å². The molecule has 0 saturated carbocycles. The van der Waals surface area contributed by atoms with Gasteiger partial charge < -0.3 is 28.6 Å². The van der Waals surface area contributed by atoms with Gasteiger partial charge in [0.25, 0.3) is 0 Å². The fraction of sp³-hybridized carbons (Fsp3) is 0.325. The molecule has 11 heteroatoms. The molecule has 268 valence electrons. The Labute approximate surface area is 310 Å². The highest BCUT2D eigenvalue weighted by Crippen LogP contribution is 2.44. The van der Waals surface area contributed by atoms with Crippen molar-refractivity contribution >= 4 is 43.5 Å². The van der Waals surface area contributed by atoms with Crippen molar-refractivity contribution in [3.8, 4) is 17.2 Å². The zero-order valence-electron chi connectivity index (χ0n) is 29.1. The Morgan fingerprint density at radius 3 is 2.18 bits per heavy atom. The molecule has 0 aromatic heterocycles. The molecule has 0 N–H and O–H groups in total. The van der Waals surface area contributed by atoms with Gasteiger partial charge in [-0.15, -0.1) is 0 Å². The molecule has 51 heavy (non-hydrogen) atoms. The third-order valence-electron chi connectivity index (χ3n) is 8.26. The lowest BCUT2D eigenvalue weighted by molar-refractivity contribution is 0.0108. The summed E-state index contributed by atoms with van der Waals surface area (Å²) < 4.78 is 44.6. The number of rotatable bonds is 13. The van der Waals surface area contributed by atoms with Gasteiger partial charge in [0, 0.05) is 42.8 Å². The summed E-state index contributed by atoms with van der Waals surface area (Å²) in [5.41, 5.74) is 2.15. The summed E-state index contributed by atoms with van der Waals surface area (Å²) in [6.45, 7) is 11.2. The van der Waals surface area contributed by atoms with Crippen LogP contribution in [0.4, 0.5) is 4.79 Å². The maximum Gasteiger partial charge on any atom is 0.410 e. The van der Waals surface area contributed by atoms with Crippen LogP contribution in [0.15, 0.2) is 106 Å². The lowest BCUT2D eigenvalue weighted by Gasteiger charge is -2.35. The van der Waals surface area contributed by atoms with E-state index >= 15 is 0 Å². The van der Waals surface area contributed by atoms with E-state index in [2.05, 4.69) is 20.8 Å². The number of piperazine rings is 1. The highest BCUT2D eigenvalue weighted by molar-refractivity contribution is 9.10. The van der Waals surface area contributed by atoms with Crippen molar-refractivity contribution in [3.05, 3.63) is 118 Å². The van der Waals surface area contributed by atoms with Crippen LogP contribution in [-0.2, 0) is 26.9 Å². The number of amides is 1. The monoisotopic (exact) mass is 774 g/mol. The molecule has 6 rings (SSSR count). The Hall–Kier alpha value is -4.16. The molecule has 1 atom stereocenters. The molecule has 4 aromatic rings. The maximum atomic E-state index is 14.0. The molecule has 1 saturated heterocycles. The number of hydrogen-bond donors (Lipinski definition) is 0. The van der Waals surface area contributed by atoms with Crippen molar-refractivity contribution in [3.63, 3.8) is 0 Å². The number of benzene rings is 4. The van der Waals surface area contributed by atoms with E-state index in [-0.39, 0.29) is 6.09 Å². The fourth-order valence-corrected chi connectivity index (χ4v) is 7.39. The van der Waals surface area contributed by atoms with Crippen LogP contribution in [-0.4, -0.2) is 78.2 Å². The van der Waals surface area contributed by atoms with Gasteiger partial charge in [-0.3, -0.25) is 4.90 Å². The van der Waals surface area contributed by atoms with Crippen molar-refractivity contribution in [1.82, 2.24) is 9.80 Å². The molecule has 4 aromatic carbocycles.